The van der Waals surface area contributed by atoms with Gasteiger partial charge >= 0.3 is 11.9 Å². The number of halogens is 1. The van der Waals surface area contributed by atoms with Crippen molar-refractivity contribution >= 4 is 29.1 Å². The molecule has 0 radical (unpaired) electrons. The van der Waals surface area contributed by atoms with E-state index in [9.17, 15) is 9.59 Å². The molecule has 1 aliphatic carbocycles. The molecule has 0 amide bonds. The summed E-state index contributed by atoms with van der Waals surface area (Å²) in [5.74, 6) is 0.700. The molecule has 0 bridgehead atoms. The number of benzene rings is 3. The Hall–Kier alpha value is -4.39. The molecular weight excluding hydrogens is 560 g/mol. The van der Waals surface area contributed by atoms with Gasteiger partial charge in [0.1, 0.15) is 29.2 Å². The van der Waals surface area contributed by atoms with Crippen LogP contribution in [0.5, 0.6) is 11.5 Å². The van der Waals surface area contributed by atoms with E-state index in [2.05, 4.69) is 6.92 Å². The van der Waals surface area contributed by atoms with Gasteiger partial charge in [0.15, 0.2) is 0 Å². The van der Waals surface area contributed by atoms with E-state index >= 15 is 0 Å². The number of ether oxygens (including phenoxy) is 2. The Morgan fingerprint density at radius 1 is 0.814 bits per heavy atom. The first-order valence-electron chi connectivity index (χ1n) is 14.8. The maximum absolute atomic E-state index is 12.8. The average molecular weight is 595 g/mol. The zero-order valence-corrected chi connectivity index (χ0v) is 25.3. The summed E-state index contributed by atoms with van der Waals surface area (Å²) in [6, 6.07) is 22.2. The van der Waals surface area contributed by atoms with Crippen molar-refractivity contribution in [3.63, 3.8) is 0 Å². The van der Waals surface area contributed by atoms with Crippen LogP contribution in [0.4, 0.5) is 0 Å². The van der Waals surface area contributed by atoms with Crippen LogP contribution in [0.2, 0.25) is 5.02 Å². The summed E-state index contributed by atoms with van der Waals surface area (Å²) in [7, 11) is 0. The van der Waals surface area contributed by atoms with Crippen LogP contribution in [0.25, 0.3) is 5.57 Å². The largest absolute Gasteiger partial charge is 0.423 e. The highest BCUT2D eigenvalue weighted by Crippen LogP contribution is 2.38. The quantitative estimate of drug-likeness (QED) is 0.100. The molecule has 6 nitrogen and oxygen atoms in total. The smallest absolute Gasteiger partial charge is 0.345 e. The fraction of sp³-hybridized carbons (Fsp3) is 0.333. The lowest BCUT2D eigenvalue weighted by Crippen LogP contribution is -2.14. The van der Waals surface area contributed by atoms with Gasteiger partial charge in [-0.05, 0) is 97.5 Å². The average Bonchev–Trinajstić information content (AvgIpc) is 3.02. The number of hydrogen-bond acceptors (Lipinski definition) is 6. The molecular formula is C36H35ClN2O4. The topological polar surface area (TPSA) is 100 Å². The molecule has 43 heavy (non-hydrogen) atoms. The van der Waals surface area contributed by atoms with Crippen molar-refractivity contribution in [1.29, 1.82) is 10.5 Å². The number of allylic oxidation sites excluding steroid dienone is 2. The van der Waals surface area contributed by atoms with E-state index in [4.69, 9.17) is 31.6 Å². The van der Waals surface area contributed by atoms with E-state index in [-0.39, 0.29) is 27.7 Å². The number of nitriles is 2. The van der Waals surface area contributed by atoms with Gasteiger partial charge in [-0.3, -0.25) is 0 Å². The van der Waals surface area contributed by atoms with Gasteiger partial charge in [-0.15, -0.1) is 0 Å². The summed E-state index contributed by atoms with van der Waals surface area (Å²) < 4.78 is 11.0. The van der Waals surface area contributed by atoms with Crippen LogP contribution >= 0.6 is 11.6 Å². The predicted molar refractivity (Wildman–Crippen MR) is 167 cm³/mol. The first kappa shape index (κ1) is 31.5. The number of rotatable bonds is 10. The molecule has 0 aliphatic heterocycles. The molecule has 0 atom stereocenters. The van der Waals surface area contributed by atoms with Crippen LogP contribution in [-0.2, 0) is 0 Å². The molecule has 1 aliphatic rings. The molecule has 0 N–H and O–H groups in total. The Morgan fingerprint density at radius 2 is 1.42 bits per heavy atom. The summed E-state index contributed by atoms with van der Waals surface area (Å²) in [5, 5.41) is 18.2. The first-order chi connectivity index (χ1) is 20.8. The maximum atomic E-state index is 12.8. The Morgan fingerprint density at radius 3 is 2.02 bits per heavy atom. The number of carbonyl (C=O) groups is 2. The molecule has 0 saturated heterocycles. The highest BCUT2D eigenvalue weighted by Gasteiger charge is 2.22. The number of unbranched alkanes of at least 4 members (excludes halogenated alkanes) is 2. The van der Waals surface area contributed by atoms with Crippen molar-refractivity contribution in [3.8, 4) is 23.6 Å². The minimum atomic E-state index is -0.678. The predicted octanol–water partition coefficient (Wildman–Crippen LogP) is 9.45. The highest BCUT2D eigenvalue weighted by atomic mass is 35.5. The van der Waals surface area contributed by atoms with Crippen LogP contribution < -0.4 is 9.47 Å². The van der Waals surface area contributed by atoms with Crippen LogP contribution in [0.15, 0.2) is 72.3 Å². The number of nitrogens with zero attached hydrogens (tertiary/aromatic N) is 2. The van der Waals surface area contributed by atoms with Crippen molar-refractivity contribution in [3.05, 3.63) is 99.6 Å². The summed E-state index contributed by atoms with van der Waals surface area (Å²) in [5.41, 5.74) is 3.04. The van der Waals surface area contributed by atoms with Gasteiger partial charge in [-0.2, -0.15) is 10.5 Å². The standard InChI is InChI=1S/C36H35ClN2O4/c1-3-4-5-6-25-7-9-27(10-8-25)28-11-13-29(14-12-28)35(40)43-32-19-20-33(34(37)21-32)36(41)42-31-17-15-26(16-18-31)24(2)30(22-38)23-39/h11-21,25,27H,3-10H2,1-2H3. The van der Waals surface area contributed by atoms with E-state index in [1.807, 2.05) is 36.4 Å². The van der Waals surface area contributed by atoms with Gasteiger partial charge in [0.2, 0.25) is 0 Å². The van der Waals surface area contributed by atoms with Gasteiger partial charge in [0, 0.05) is 6.07 Å². The van der Waals surface area contributed by atoms with Crippen LogP contribution in [-0.4, -0.2) is 11.9 Å². The van der Waals surface area contributed by atoms with E-state index < -0.39 is 11.9 Å². The normalized spacial score (nSPS) is 15.9. The Labute approximate surface area is 258 Å². The second-order valence-electron chi connectivity index (χ2n) is 11.0. The van der Waals surface area contributed by atoms with Crippen molar-refractivity contribution in [2.75, 3.05) is 0 Å². The molecule has 0 heterocycles. The van der Waals surface area contributed by atoms with Gasteiger partial charge in [-0.25, -0.2) is 9.59 Å². The monoisotopic (exact) mass is 594 g/mol. The van der Waals surface area contributed by atoms with E-state index in [1.165, 1.54) is 75.1 Å². The lowest BCUT2D eigenvalue weighted by Gasteiger charge is -2.29. The maximum Gasteiger partial charge on any atom is 0.345 e. The third-order valence-electron chi connectivity index (χ3n) is 8.15. The molecule has 1 fully saturated rings. The Balaban J connectivity index is 1.32. The lowest BCUT2D eigenvalue weighted by molar-refractivity contribution is 0.0730. The molecule has 4 rings (SSSR count). The molecule has 220 valence electrons. The molecule has 0 unspecified atom stereocenters. The van der Waals surface area contributed by atoms with E-state index in [0.29, 0.717) is 22.6 Å². The van der Waals surface area contributed by atoms with Crippen molar-refractivity contribution in [2.45, 2.75) is 71.1 Å². The SMILES string of the molecule is CCCCCC1CCC(c2ccc(C(=O)Oc3ccc(C(=O)Oc4ccc(C(C)=C(C#N)C#N)cc4)c(Cl)c3)cc2)CC1. The second-order valence-corrected chi connectivity index (χ2v) is 11.4. The fourth-order valence-electron chi connectivity index (χ4n) is 5.52. The van der Waals surface area contributed by atoms with Crippen LogP contribution in [0.1, 0.15) is 103 Å². The van der Waals surface area contributed by atoms with Crippen molar-refractivity contribution in [1.82, 2.24) is 0 Å². The minimum Gasteiger partial charge on any atom is -0.423 e. The van der Waals surface area contributed by atoms with E-state index in [1.54, 1.807) is 31.2 Å². The van der Waals surface area contributed by atoms with Crippen LogP contribution in [0.3, 0.4) is 0 Å². The molecule has 0 spiro atoms. The van der Waals surface area contributed by atoms with Gasteiger partial charge < -0.3 is 9.47 Å². The van der Waals surface area contributed by atoms with Gasteiger partial charge in [0.25, 0.3) is 0 Å². The number of hydrogen-bond donors (Lipinski definition) is 0. The van der Waals surface area contributed by atoms with Crippen molar-refractivity contribution in [2.24, 2.45) is 5.92 Å². The summed E-state index contributed by atoms with van der Waals surface area (Å²) >= 11 is 6.35. The second kappa shape index (κ2) is 15.2. The fourth-order valence-corrected chi connectivity index (χ4v) is 5.77. The number of esters is 2. The van der Waals surface area contributed by atoms with E-state index in [0.717, 1.165) is 5.92 Å². The lowest BCUT2D eigenvalue weighted by atomic mass is 9.77. The number of carbonyl (C=O) groups excluding carboxylic acids is 2. The zero-order chi connectivity index (χ0) is 30.8. The molecule has 3 aromatic rings. The molecule has 1 saturated carbocycles. The van der Waals surface area contributed by atoms with Gasteiger partial charge in [0.05, 0.1) is 16.1 Å². The Bertz CT molecular complexity index is 1540. The summed E-state index contributed by atoms with van der Waals surface area (Å²) in [4.78, 5) is 25.5. The summed E-state index contributed by atoms with van der Waals surface area (Å²) in [6.07, 6.45) is 10.2. The van der Waals surface area contributed by atoms with Crippen LogP contribution in [0, 0.1) is 28.6 Å². The minimum absolute atomic E-state index is 0.0138. The molecule has 0 aromatic heterocycles. The first-order valence-corrected chi connectivity index (χ1v) is 15.2. The zero-order valence-electron chi connectivity index (χ0n) is 24.6. The third kappa shape index (κ3) is 8.34. The van der Waals surface area contributed by atoms with Gasteiger partial charge in [-0.1, -0.05) is 68.5 Å². The van der Waals surface area contributed by atoms with Crippen molar-refractivity contribution < 1.29 is 19.1 Å². The summed E-state index contributed by atoms with van der Waals surface area (Å²) in [6.45, 7) is 3.92. The Kier molecular flexibility index (Phi) is 11.1. The highest BCUT2D eigenvalue weighted by molar-refractivity contribution is 6.33. The molecule has 7 heteroatoms. The third-order valence-corrected chi connectivity index (χ3v) is 8.46. The molecule has 3 aromatic carbocycles.